The predicted molar refractivity (Wildman–Crippen MR) is 47.1 cm³/mol. The summed E-state index contributed by atoms with van der Waals surface area (Å²) in [5, 5.41) is 0.625. The van der Waals surface area contributed by atoms with Crippen molar-refractivity contribution in [3.8, 4) is 0 Å². The molecular formula is C8H18S. The Kier molecular flexibility index (Phi) is 5.36. The molecule has 0 aromatic heterocycles. The smallest absolute Gasteiger partial charge is 0.00167 e. The lowest BCUT2D eigenvalue weighted by atomic mass is 10.0. The van der Waals surface area contributed by atoms with Gasteiger partial charge in [0, 0.05) is 5.25 Å². The molecule has 0 rings (SSSR count). The van der Waals surface area contributed by atoms with E-state index in [0.717, 1.165) is 5.92 Å². The molecule has 0 saturated carbocycles. The van der Waals surface area contributed by atoms with Crippen LogP contribution in [-0.2, 0) is 0 Å². The van der Waals surface area contributed by atoms with Crippen LogP contribution in [0.4, 0.5) is 0 Å². The zero-order valence-electron chi connectivity index (χ0n) is 6.72. The van der Waals surface area contributed by atoms with E-state index in [9.17, 15) is 0 Å². The Labute approximate surface area is 64.4 Å². The largest absolute Gasteiger partial charge is 0.176 e. The van der Waals surface area contributed by atoms with Crippen LogP contribution in [0.1, 0.15) is 40.0 Å². The number of hydrogen-bond donors (Lipinski definition) is 1. The highest BCUT2D eigenvalue weighted by atomic mass is 32.1. The molecule has 2 unspecified atom stereocenters. The highest BCUT2D eigenvalue weighted by molar-refractivity contribution is 7.80. The topological polar surface area (TPSA) is 0 Å². The van der Waals surface area contributed by atoms with E-state index < -0.39 is 0 Å². The molecule has 1 heteroatoms. The van der Waals surface area contributed by atoms with Crippen molar-refractivity contribution in [2.75, 3.05) is 0 Å². The highest BCUT2D eigenvalue weighted by Crippen LogP contribution is 2.15. The fraction of sp³-hybridized carbons (Fsp3) is 1.00. The third-order valence-corrected chi connectivity index (χ3v) is 2.42. The molecule has 0 aliphatic rings. The van der Waals surface area contributed by atoms with Crippen molar-refractivity contribution >= 4 is 12.6 Å². The summed E-state index contributed by atoms with van der Waals surface area (Å²) in [6, 6.07) is 0. The second kappa shape index (κ2) is 5.16. The van der Waals surface area contributed by atoms with Gasteiger partial charge in [-0.05, 0) is 18.8 Å². The fourth-order valence-corrected chi connectivity index (χ4v) is 1.16. The molecule has 0 saturated heterocycles. The molecule has 0 nitrogen and oxygen atoms in total. The molecule has 0 N–H and O–H groups in total. The molecular weight excluding hydrogens is 128 g/mol. The monoisotopic (exact) mass is 146 g/mol. The Morgan fingerprint density at radius 3 is 2.11 bits per heavy atom. The minimum atomic E-state index is 0.625. The van der Waals surface area contributed by atoms with E-state index >= 15 is 0 Å². The SMILES string of the molecule is CCC(C)CC(S)CC. The zero-order chi connectivity index (χ0) is 7.28. The minimum absolute atomic E-state index is 0.625. The van der Waals surface area contributed by atoms with E-state index in [2.05, 4.69) is 33.4 Å². The molecule has 0 fully saturated rings. The van der Waals surface area contributed by atoms with Crippen molar-refractivity contribution in [3.05, 3.63) is 0 Å². The van der Waals surface area contributed by atoms with Crippen molar-refractivity contribution in [1.29, 1.82) is 0 Å². The van der Waals surface area contributed by atoms with Crippen molar-refractivity contribution in [3.63, 3.8) is 0 Å². The standard InChI is InChI=1S/C8H18S/c1-4-7(3)6-8(9)5-2/h7-9H,4-6H2,1-3H3. The molecule has 9 heavy (non-hydrogen) atoms. The van der Waals surface area contributed by atoms with Crippen LogP contribution in [0.25, 0.3) is 0 Å². The average Bonchev–Trinajstić information content (AvgIpc) is 1.87. The molecule has 56 valence electrons. The van der Waals surface area contributed by atoms with Crippen LogP contribution in [-0.4, -0.2) is 5.25 Å². The first-order chi connectivity index (χ1) is 4.20. The summed E-state index contributed by atoms with van der Waals surface area (Å²) in [7, 11) is 0. The summed E-state index contributed by atoms with van der Waals surface area (Å²) in [5.74, 6) is 0.854. The van der Waals surface area contributed by atoms with Gasteiger partial charge in [-0.1, -0.05) is 27.2 Å². The summed E-state index contributed by atoms with van der Waals surface area (Å²) in [6.07, 6.45) is 3.76. The lowest BCUT2D eigenvalue weighted by Crippen LogP contribution is -2.03. The summed E-state index contributed by atoms with van der Waals surface area (Å²) in [6.45, 7) is 6.72. The first-order valence-electron chi connectivity index (χ1n) is 3.88. The quantitative estimate of drug-likeness (QED) is 0.579. The lowest BCUT2D eigenvalue weighted by molar-refractivity contribution is 0.501. The summed E-state index contributed by atoms with van der Waals surface area (Å²) in [4.78, 5) is 0. The molecule has 0 amide bonds. The van der Waals surface area contributed by atoms with Gasteiger partial charge in [0.1, 0.15) is 0 Å². The molecule has 0 heterocycles. The summed E-state index contributed by atoms with van der Waals surface area (Å²) in [5.41, 5.74) is 0. The Morgan fingerprint density at radius 1 is 1.22 bits per heavy atom. The molecule has 0 aliphatic carbocycles. The van der Waals surface area contributed by atoms with Gasteiger partial charge in [0.15, 0.2) is 0 Å². The van der Waals surface area contributed by atoms with Gasteiger partial charge in [-0.15, -0.1) is 0 Å². The van der Waals surface area contributed by atoms with E-state index in [1.165, 1.54) is 19.3 Å². The van der Waals surface area contributed by atoms with Gasteiger partial charge < -0.3 is 0 Å². The van der Waals surface area contributed by atoms with Crippen LogP contribution >= 0.6 is 12.6 Å². The van der Waals surface area contributed by atoms with Gasteiger partial charge in [-0.2, -0.15) is 12.6 Å². The lowest BCUT2D eigenvalue weighted by Gasteiger charge is -2.12. The van der Waals surface area contributed by atoms with Crippen molar-refractivity contribution < 1.29 is 0 Å². The molecule has 0 aromatic rings. The first-order valence-corrected chi connectivity index (χ1v) is 4.40. The molecule has 0 radical (unpaired) electrons. The fourth-order valence-electron chi connectivity index (χ4n) is 0.798. The van der Waals surface area contributed by atoms with Gasteiger partial charge in [0.05, 0.1) is 0 Å². The molecule has 0 bridgehead atoms. The molecule has 0 aliphatic heterocycles. The van der Waals surface area contributed by atoms with Gasteiger partial charge in [-0.3, -0.25) is 0 Å². The van der Waals surface area contributed by atoms with Crippen LogP contribution in [0.2, 0.25) is 0 Å². The molecule has 0 spiro atoms. The number of thiol groups is 1. The Bertz CT molecular complexity index is 53.6. The van der Waals surface area contributed by atoms with E-state index in [1.807, 2.05) is 0 Å². The van der Waals surface area contributed by atoms with Gasteiger partial charge >= 0.3 is 0 Å². The maximum Gasteiger partial charge on any atom is 0.00167 e. The van der Waals surface area contributed by atoms with Crippen molar-refractivity contribution in [1.82, 2.24) is 0 Å². The number of hydrogen-bond acceptors (Lipinski definition) is 1. The average molecular weight is 146 g/mol. The van der Waals surface area contributed by atoms with Crippen molar-refractivity contribution in [2.24, 2.45) is 5.92 Å². The van der Waals surface area contributed by atoms with Crippen LogP contribution in [0, 0.1) is 5.92 Å². The van der Waals surface area contributed by atoms with Crippen LogP contribution in [0.3, 0.4) is 0 Å². The Balaban J connectivity index is 3.22. The highest BCUT2D eigenvalue weighted by Gasteiger charge is 2.04. The zero-order valence-corrected chi connectivity index (χ0v) is 7.62. The van der Waals surface area contributed by atoms with Gasteiger partial charge in [-0.25, -0.2) is 0 Å². The van der Waals surface area contributed by atoms with Gasteiger partial charge in [0.25, 0.3) is 0 Å². The molecule has 0 aromatic carbocycles. The number of rotatable bonds is 4. The Hall–Kier alpha value is 0.350. The van der Waals surface area contributed by atoms with Gasteiger partial charge in [0.2, 0.25) is 0 Å². The summed E-state index contributed by atoms with van der Waals surface area (Å²) < 4.78 is 0. The van der Waals surface area contributed by atoms with Crippen LogP contribution < -0.4 is 0 Å². The third kappa shape index (κ3) is 4.83. The molecule has 2 atom stereocenters. The van der Waals surface area contributed by atoms with Crippen LogP contribution in [0.5, 0.6) is 0 Å². The normalized spacial score (nSPS) is 17.3. The van der Waals surface area contributed by atoms with E-state index in [4.69, 9.17) is 0 Å². The predicted octanol–water partition coefficient (Wildman–Crippen LogP) is 3.13. The van der Waals surface area contributed by atoms with E-state index in [-0.39, 0.29) is 0 Å². The second-order valence-electron chi connectivity index (χ2n) is 2.81. The maximum atomic E-state index is 4.42. The van der Waals surface area contributed by atoms with Crippen LogP contribution in [0.15, 0.2) is 0 Å². The van der Waals surface area contributed by atoms with Crippen molar-refractivity contribution in [2.45, 2.75) is 45.3 Å². The van der Waals surface area contributed by atoms with E-state index in [0.29, 0.717) is 5.25 Å². The first kappa shape index (κ1) is 9.35. The van der Waals surface area contributed by atoms with E-state index in [1.54, 1.807) is 0 Å². The Morgan fingerprint density at radius 2 is 1.78 bits per heavy atom. The second-order valence-corrected chi connectivity index (χ2v) is 3.54. The summed E-state index contributed by atoms with van der Waals surface area (Å²) >= 11 is 4.42. The maximum absolute atomic E-state index is 4.42. The minimum Gasteiger partial charge on any atom is -0.176 e. The third-order valence-electron chi connectivity index (χ3n) is 1.84.